The molecule has 1 rings (SSSR count). The zero-order valence-corrected chi connectivity index (χ0v) is 24.4. The Morgan fingerprint density at radius 3 is 2.24 bits per heavy atom. The molecule has 38 heavy (non-hydrogen) atoms. The monoisotopic (exact) mass is 530 g/mol. The molecule has 5 heteroatoms. The van der Waals surface area contributed by atoms with Crippen molar-refractivity contribution in [1.82, 2.24) is 10.6 Å². The largest absolute Gasteiger partial charge is 0.394 e. The summed E-state index contributed by atoms with van der Waals surface area (Å²) in [5, 5.41) is 16.3. The van der Waals surface area contributed by atoms with Crippen LogP contribution in [0.2, 0.25) is 0 Å². The lowest BCUT2D eigenvalue weighted by molar-refractivity contribution is -0.125. The van der Waals surface area contributed by atoms with E-state index in [-0.39, 0.29) is 24.7 Å². The molecule has 0 radical (unpaired) electrons. The first kappa shape index (κ1) is 34.3. The lowest BCUT2D eigenvalue weighted by Gasteiger charge is -2.21. The number of hydrogen-bond donors (Lipinski definition) is 3. The van der Waals surface area contributed by atoms with Crippen LogP contribution in [0, 0.1) is 0 Å². The molecule has 3 N–H and O–H groups in total. The summed E-state index contributed by atoms with van der Waals surface area (Å²) in [6.07, 6.45) is 21.1. The second-order valence-electron chi connectivity index (χ2n) is 10.7. The highest BCUT2D eigenvalue weighted by molar-refractivity contribution is 5.76. The van der Waals surface area contributed by atoms with Crippen LogP contribution in [0.4, 0.5) is 0 Å². The van der Waals surface area contributed by atoms with Crippen LogP contribution in [0.1, 0.15) is 122 Å². The zero-order valence-electron chi connectivity index (χ0n) is 24.4. The molecule has 0 fully saturated rings. The van der Waals surface area contributed by atoms with E-state index in [0.29, 0.717) is 13.0 Å². The molecule has 0 heterocycles. The number of carbonyl (C=O) groups excluding carboxylic acids is 1. The Balaban J connectivity index is 2.33. The van der Waals surface area contributed by atoms with E-state index in [9.17, 15) is 9.90 Å². The molecule has 0 saturated heterocycles. The van der Waals surface area contributed by atoms with Gasteiger partial charge >= 0.3 is 0 Å². The summed E-state index contributed by atoms with van der Waals surface area (Å²) >= 11 is 0. The van der Waals surface area contributed by atoms with Crippen molar-refractivity contribution in [3.63, 3.8) is 0 Å². The van der Waals surface area contributed by atoms with Gasteiger partial charge in [-0.25, -0.2) is 0 Å². The van der Waals surface area contributed by atoms with Gasteiger partial charge in [-0.05, 0) is 57.2 Å². The van der Waals surface area contributed by atoms with Crippen molar-refractivity contribution < 1.29 is 14.6 Å². The lowest BCUT2D eigenvalue weighted by Crippen LogP contribution is -2.39. The molecule has 0 aliphatic carbocycles. The van der Waals surface area contributed by atoms with E-state index < -0.39 is 0 Å². The average Bonchev–Trinajstić information content (AvgIpc) is 2.93. The van der Waals surface area contributed by atoms with Crippen molar-refractivity contribution in [1.29, 1.82) is 0 Å². The first-order valence-electron chi connectivity index (χ1n) is 15.6. The van der Waals surface area contributed by atoms with Gasteiger partial charge in [0.05, 0.1) is 31.8 Å². The maximum atomic E-state index is 12.8. The van der Waals surface area contributed by atoms with Crippen molar-refractivity contribution >= 4 is 5.91 Å². The summed E-state index contributed by atoms with van der Waals surface area (Å²) in [4.78, 5) is 12.8. The Labute approximate surface area is 234 Å². The molecular weight excluding hydrogens is 472 g/mol. The number of allylic oxidation sites excluding steroid dienone is 1. The molecule has 0 bridgehead atoms. The molecule has 0 aliphatic rings. The molecular formula is C33H58N2O3. The van der Waals surface area contributed by atoms with Gasteiger partial charge in [0.15, 0.2) is 0 Å². The summed E-state index contributed by atoms with van der Waals surface area (Å²) in [5.74, 6) is -0.0202. The second kappa shape index (κ2) is 25.6. The van der Waals surface area contributed by atoms with Crippen LogP contribution in [0.3, 0.4) is 0 Å². The van der Waals surface area contributed by atoms with E-state index in [4.69, 9.17) is 4.74 Å². The number of rotatable bonds is 27. The molecule has 1 aromatic rings. The Hall–Kier alpha value is -1.69. The van der Waals surface area contributed by atoms with E-state index >= 15 is 0 Å². The minimum atomic E-state index is -0.195. The number of ether oxygens (including phenoxy) is 1. The third-order valence-corrected chi connectivity index (χ3v) is 7.12. The number of unbranched alkanes of at least 4 members (excludes halogenated alkanes) is 11. The number of hydrogen-bond acceptors (Lipinski definition) is 4. The normalized spacial score (nSPS) is 12.8. The van der Waals surface area contributed by atoms with Crippen LogP contribution < -0.4 is 10.6 Å². The van der Waals surface area contributed by atoms with E-state index in [1.54, 1.807) is 0 Å². The summed E-state index contributed by atoms with van der Waals surface area (Å²) in [7, 11) is 0. The predicted octanol–water partition coefficient (Wildman–Crippen LogP) is 7.48. The number of nitrogens with one attached hydrogen (secondary N) is 2. The first-order valence-corrected chi connectivity index (χ1v) is 15.6. The van der Waals surface area contributed by atoms with Crippen LogP contribution >= 0.6 is 0 Å². The number of carbonyl (C=O) groups is 1. The van der Waals surface area contributed by atoms with Crippen molar-refractivity contribution in [2.45, 2.75) is 135 Å². The Kier molecular flexibility index (Phi) is 23.1. The molecule has 1 unspecified atom stereocenters. The second-order valence-corrected chi connectivity index (χ2v) is 10.7. The SMILES string of the molecule is C=CCCCCCNCCC[C@H](CO)NC(=O)CC(CCCCCCCCCCC)OCc1ccccc1. The van der Waals surface area contributed by atoms with Gasteiger partial charge in [0, 0.05) is 0 Å². The minimum Gasteiger partial charge on any atom is -0.394 e. The molecule has 2 atom stereocenters. The van der Waals surface area contributed by atoms with E-state index in [2.05, 4.69) is 36.3 Å². The Morgan fingerprint density at radius 2 is 1.55 bits per heavy atom. The van der Waals surface area contributed by atoms with Crippen LogP contribution in [0.5, 0.6) is 0 Å². The van der Waals surface area contributed by atoms with Crippen LogP contribution in [-0.2, 0) is 16.1 Å². The molecule has 0 saturated carbocycles. The van der Waals surface area contributed by atoms with Crippen molar-refractivity contribution in [3.05, 3.63) is 48.6 Å². The van der Waals surface area contributed by atoms with Gasteiger partial charge in [0.1, 0.15) is 0 Å². The smallest absolute Gasteiger partial charge is 0.222 e. The Morgan fingerprint density at radius 1 is 0.895 bits per heavy atom. The lowest BCUT2D eigenvalue weighted by atomic mass is 10.0. The highest BCUT2D eigenvalue weighted by atomic mass is 16.5. The third-order valence-electron chi connectivity index (χ3n) is 7.12. The molecule has 0 aromatic heterocycles. The van der Waals surface area contributed by atoms with Crippen molar-refractivity contribution in [3.8, 4) is 0 Å². The van der Waals surface area contributed by atoms with E-state index in [1.807, 2.05) is 24.3 Å². The fraction of sp³-hybridized carbons (Fsp3) is 0.727. The summed E-state index contributed by atoms with van der Waals surface area (Å²) in [5.41, 5.74) is 1.13. The van der Waals surface area contributed by atoms with E-state index in [0.717, 1.165) is 50.8 Å². The highest BCUT2D eigenvalue weighted by Crippen LogP contribution is 2.16. The van der Waals surface area contributed by atoms with E-state index in [1.165, 1.54) is 70.6 Å². The number of benzene rings is 1. The maximum Gasteiger partial charge on any atom is 0.222 e. The van der Waals surface area contributed by atoms with Crippen LogP contribution in [0.25, 0.3) is 0 Å². The molecule has 218 valence electrons. The topological polar surface area (TPSA) is 70.6 Å². The van der Waals surface area contributed by atoms with Crippen molar-refractivity contribution in [2.75, 3.05) is 19.7 Å². The Bertz CT molecular complexity index is 667. The fourth-order valence-electron chi connectivity index (χ4n) is 4.73. The minimum absolute atomic E-state index is 0.0202. The number of amides is 1. The number of aliphatic hydroxyl groups excluding tert-OH is 1. The van der Waals surface area contributed by atoms with Crippen LogP contribution in [-0.4, -0.2) is 42.9 Å². The number of aliphatic hydroxyl groups is 1. The van der Waals surface area contributed by atoms with Gasteiger partial charge in [-0.15, -0.1) is 6.58 Å². The van der Waals surface area contributed by atoms with Gasteiger partial charge in [-0.3, -0.25) is 4.79 Å². The van der Waals surface area contributed by atoms with Gasteiger partial charge in [0.2, 0.25) is 5.91 Å². The van der Waals surface area contributed by atoms with Gasteiger partial charge < -0.3 is 20.5 Å². The first-order chi connectivity index (χ1) is 18.7. The molecule has 0 aliphatic heterocycles. The molecule has 5 nitrogen and oxygen atoms in total. The summed E-state index contributed by atoms with van der Waals surface area (Å²) in [6, 6.07) is 9.97. The van der Waals surface area contributed by atoms with Gasteiger partial charge in [0.25, 0.3) is 0 Å². The zero-order chi connectivity index (χ0) is 27.5. The molecule has 1 amide bonds. The van der Waals surface area contributed by atoms with Crippen molar-refractivity contribution in [2.24, 2.45) is 0 Å². The molecule has 0 spiro atoms. The third kappa shape index (κ3) is 20.3. The summed E-state index contributed by atoms with van der Waals surface area (Å²) < 4.78 is 6.21. The van der Waals surface area contributed by atoms with Gasteiger partial charge in [-0.2, -0.15) is 0 Å². The highest BCUT2D eigenvalue weighted by Gasteiger charge is 2.17. The fourth-order valence-corrected chi connectivity index (χ4v) is 4.73. The molecule has 1 aromatic carbocycles. The van der Waals surface area contributed by atoms with Crippen LogP contribution in [0.15, 0.2) is 43.0 Å². The standard InChI is InChI=1S/C33H58N2O3/c1-3-5-7-9-10-11-12-13-18-24-32(38-29-30-21-16-15-17-22-30)27-33(37)35-31(28-36)23-20-26-34-25-19-14-8-6-4-2/h4,15-17,21-22,31-32,34,36H,2-3,5-14,18-20,23-29H2,1H3,(H,35,37)/t31-,32?/m1/s1. The average molecular weight is 531 g/mol. The maximum absolute atomic E-state index is 12.8. The summed E-state index contributed by atoms with van der Waals surface area (Å²) in [6.45, 7) is 8.45. The quantitative estimate of drug-likeness (QED) is 0.0815. The van der Waals surface area contributed by atoms with Gasteiger partial charge in [-0.1, -0.05) is 108 Å². The predicted molar refractivity (Wildman–Crippen MR) is 161 cm³/mol.